The van der Waals surface area contributed by atoms with Gasteiger partial charge in [0, 0.05) is 31.3 Å². The Balaban J connectivity index is 1.91. The van der Waals surface area contributed by atoms with E-state index < -0.39 is 15.9 Å². The Labute approximate surface area is 163 Å². The molecular formula is C20H21N3O4S. The lowest BCUT2D eigenvalue weighted by Crippen LogP contribution is -2.31. The minimum absolute atomic E-state index is 0.167. The summed E-state index contributed by atoms with van der Waals surface area (Å²) in [7, 11) is 0.128. The van der Waals surface area contributed by atoms with Crippen molar-refractivity contribution in [2.45, 2.75) is 10.9 Å². The van der Waals surface area contributed by atoms with Crippen LogP contribution in [0.2, 0.25) is 0 Å². The van der Waals surface area contributed by atoms with Crippen LogP contribution < -0.4 is 10.1 Å². The summed E-state index contributed by atoms with van der Waals surface area (Å²) in [5.74, 6) is 1.06. The van der Waals surface area contributed by atoms with E-state index >= 15 is 0 Å². The van der Waals surface area contributed by atoms with Crippen LogP contribution in [0.15, 0.2) is 65.8 Å². The molecule has 0 fully saturated rings. The highest BCUT2D eigenvalue weighted by Gasteiger charge is 2.22. The monoisotopic (exact) mass is 399 g/mol. The van der Waals surface area contributed by atoms with Gasteiger partial charge in [0.2, 0.25) is 0 Å². The fraction of sp³-hybridized carbons (Fsp3) is 0.200. The molecule has 146 valence electrons. The number of hydrogen-bond donors (Lipinski definition) is 1. The number of rotatable bonds is 6. The second-order valence-electron chi connectivity index (χ2n) is 6.37. The number of aromatic nitrogens is 2. The van der Waals surface area contributed by atoms with Crippen LogP contribution in [0, 0.1) is 0 Å². The minimum atomic E-state index is -3.32. The summed E-state index contributed by atoms with van der Waals surface area (Å²) < 4.78 is 30.2. The number of imidazole rings is 1. The van der Waals surface area contributed by atoms with E-state index in [0.29, 0.717) is 17.1 Å². The number of hydrogen-bond acceptors (Lipinski definition) is 5. The van der Waals surface area contributed by atoms with E-state index in [1.165, 1.54) is 24.3 Å². The predicted molar refractivity (Wildman–Crippen MR) is 105 cm³/mol. The van der Waals surface area contributed by atoms with Crippen molar-refractivity contribution in [2.75, 3.05) is 13.4 Å². The van der Waals surface area contributed by atoms with Crippen LogP contribution in [-0.4, -0.2) is 37.2 Å². The summed E-state index contributed by atoms with van der Waals surface area (Å²) in [6.07, 6.45) is 4.60. The van der Waals surface area contributed by atoms with Gasteiger partial charge in [-0.2, -0.15) is 0 Å². The van der Waals surface area contributed by atoms with E-state index in [-0.39, 0.29) is 10.8 Å². The van der Waals surface area contributed by atoms with E-state index in [1.54, 1.807) is 19.5 Å². The van der Waals surface area contributed by atoms with Crippen molar-refractivity contribution in [1.82, 2.24) is 14.9 Å². The molecule has 0 spiro atoms. The van der Waals surface area contributed by atoms with Crippen molar-refractivity contribution in [1.29, 1.82) is 0 Å². The van der Waals surface area contributed by atoms with Gasteiger partial charge in [-0.1, -0.05) is 12.1 Å². The Morgan fingerprint density at radius 1 is 1.11 bits per heavy atom. The standard InChI is InChI=1S/C20H21N3O4S/c1-23-13-12-21-19(23)18(14-4-8-16(27-2)9-5-14)22-20(24)15-6-10-17(11-7-15)28(3,25)26/h4-13,18H,1-3H3,(H,22,24)/t18-/m0/s1. The van der Waals surface area contributed by atoms with Gasteiger partial charge in [0.05, 0.1) is 12.0 Å². The number of nitrogens with zero attached hydrogens (tertiary/aromatic N) is 2. The zero-order valence-electron chi connectivity index (χ0n) is 15.8. The van der Waals surface area contributed by atoms with Gasteiger partial charge in [0.15, 0.2) is 9.84 Å². The molecule has 1 N–H and O–H groups in total. The smallest absolute Gasteiger partial charge is 0.252 e. The third kappa shape index (κ3) is 4.23. The van der Waals surface area contributed by atoms with Crippen LogP contribution in [-0.2, 0) is 16.9 Å². The quantitative estimate of drug-likeness (QED) is 0.687. The summed E-state index contributed by atoms with van der Waals surface area (Å²) in [4.78, 5) is 17.3. The number of ether oxygens (including phenoxy) is 1. The summed E-state index contributed by atoms with van der Waals surface area (Å²) >= 11 is 0. The minimum Gasteiger partial charge on any atom is -0.497 e. The zero-order valence-corrected chi connectivity index (χ0v) is 16.6. The van der Waals surface area contributed by atoms with Crippen LogP contribution in [0.3, 0.4) is 0 Å². The molecule has 3 aromatic rings. The molecule has 3 rings (SSSR count). The molecule has 0 saturated heterocycles. The van der Waals surface area contributed by atoms with E-state index in [2.05, 4.69) is 10.3 Å². The normalized spacial score (nSPS) is 12.4. The van der Waals surface area contributed by atoms with E-state index in [0.717, 1.165) is 11.8 Å². The van der Waals surface area contributed by atoms with Crippen molar-refractivity contribution in [3.8, 4) is 5.75 Å². The molecule has 7 nitrogen and oxygen atoms in total. The van der Waals surface area contributed by atoms with E-state index in [4.69, 9.17) is 4.74 Å². The van der Waals surface area contributed by atoms with Gasteiger partial charge in [-0.05, 0) is 42.0 Å². The van der Waals surface area contributed by atoms with Crippen LogP contribution in [0.4, 0.5) is 0 Å². The largest absolute Gasteiger partial charge is 0.497 e. The molecule has 0 aliphatic carbocycles. The predicted octanol–water partition coefficient (Wildman–Crippen LogP) is 2.35. The zero-order chi connectivity index (χ0) is 20.3. The fourth-order valence-corrected chi connectivity index (χ4v) is 3.45. The molecule has 1 heterocycles. The maximum absolute atomic E-state index is 12.8. The third-order valence-corrected chi connectivity index (χ3v) is 5.51. The molecule has 0 aliphatic heterocycles. The molecule has 0 aliphatic rings. The molecule has 0 saturated carbocycles. The lowest BCUT2D eigenvalue weighted by molar-refractivity contribution is 0.0941. The van der Waals surface area contributed by atoms with Crippen molar-refractivity contribution in [2.24, 2.45) is 7.05 Å². The summed E-state index contributed by atoms with van der Waals surface area (Å²) in [6, 6.07) is 12.7. The van der Waals surface area contributed by atoms with E-state index in [1.807, 2.05) is 35.9 Å². The SMILES string of the molecule is COc1ccc([C@H](NC(=O)c2ccc(S(C)(=O)=O)cc2)c2nccn2C)cc1. The molecule has 0 bridgehead atoms. The summed E-state index contributed by atoms with van der Waals surface area (Å²) in [5.41, 5.74) is 1.20. The third-order valence-electron chi connectivity index (χ3n) is 4.39. The van der Waals surface area contributed by atoms with E-state index in [9.17, 15) is 13.2 Å². The average molecular weight is 399 g/mol. The van der Waals surface area contributed by atoms with Gasteiger partial charge in [-0.25, -0.2) is 13.4 Å². The Bertz CT molecular complexity index is 1070. The van der Waals surface area contributed by atoms with Crippen LogP contribution >= 0.6 is 0 Å². The van der Waals surface area contributed by atoms with Crippen LogP contribution in [0.1, 0.15) is 27.8 Å². The molecule has 1 aromatic heterocycles. The van der Waals surface area contributed by atoms with Crippen molar-refractivity contribution >= 4 is 15.7 Å². The van der Waals surface area contributed by atoms with Crippen molar-refractivity contribution in [3.05, 3.63) is 77.9 Å². The molecule has 0 radical (unpaired) electrons. The molecule has 0 unspecified atom stereocenters. The van der Waals surface area contributed by atoms with Gasteiger partial charge in [-0.15, -0.1) is 0 Å². The first-order chi connectivity index (χ1) is 13.3. The second kappa shape index (κ2) is 7.85. The molecule has 28 heavy (non-hydrogen) atoms. The van der Waals surface area contributed by atoms with Gasteiger partial charge < -0.3 is 14.6 Å². The Morgan fingerprint density at radius 2 is 1.75 bits per heavy atom. The molecular weight excluding hydrogens is 378 g/mol. The van der Waals surface area contributed by atoms with Crippen LogP contribution in [0.5, 0.6) is 5.75 Å². The number of aryl methyl sites for hydroxylation is 1. The number of carbonyl (C=O) groups is 1. The lowest BCUT2D eigenvalue weighted by atomic mass is 10.0. The topological polar surface area (TPSA) is 90.3 Å². The van der Waals surface area contributed by atoms with Gasteiger partial charge in [0.25, 0.3) is 5.91 Å². The molecule has 1 amide bonds. The summed E-state index contributed by atoms with van der Waals surface area (Å²) in [6.45, 7) is 0. The highest BCUT2D eigenvalue weighted by atomic mass is 32.2. The highest BCUT2D eigenvalue weighted by molar-refractivity contribution is 7.90. The highest BCUT2D eigenvalue weighted by Crippen LogP contribution is 2.23. The molecule has 2 aromatic carbocycles. The number of benzene rings is 2. The average Bonchev–Trinajstić information content (AvgIpc) is 3.11. The number of amides is 1. The van der Waals surface area contributed by atoms with Gasteiger partial charge in [-0.3, -0.25) is 4.79 Å². The number of methoxy groups -OCH3 is 1. The number of carbonyl (C=O) groups excluding carboxylic acids is 1. The second-order valence-corrected chi connectivity index (χ2v) is 8.39. The molecule has 8 heteroatoms. The Hall–Kier alpha value is -3.13. The fourth-order valence-electron chi connectivity index (χ4n) is 2.82. The van der Waals surface area contributed by atoms with Gasteiger partial charge >= 0.3 is 0 Å². The first-order valence-electron chi connectivity index (χ1n) is 8.52. The Morgan fingerprint density at radius 3 is 2.25 bits per heavy atom. The lowest BCUT2D eigenvalue weighted by Gasteiger charge is -2.19. The number of sulfone groups is 1. The first-order valence-corrected chi connectivity index (χ1v) is 10.4. The maximum atomic E-state index is 12.8. The number of nitrogens with one attached hydrogen (secondary N) is 1. The van der Waals surface area contributed by atoms with Gasteiger partial charge in [0.1, 0.15) is 17.6 Å². The first kappa shape index (κ1) is 19.6. The summed E-state index contributed by atoms with van der Waals surface area (Å²) in [5, 5.41) is 2.98. The van der Waals surface area contributed by atoms with Crippen molar-refractivity contribution in [3.63, 3.8) is 0 Å². The van der Waals surface area contributed by atoms with Crippen molar-refractivity contribution < 1.29 is 17.9 Å². The Kier molecular flexibility index (Phi) is 5.51. The maximum Gasteiger partial charge on any atom is 0.252 e. The molecule has 1 atom stereocenters. The van der Waals surface area contributed by atoms with Crippen LogP contribution in [0.25, 0.3) is 0 Å².